The van der Waals surface area contributed by atoms with Crippen LogP contribution >= 0.6 is 11.3 Å². The molecule has 2 heterocycles. The van der Waals surface area contributed by atoms with Crippen LogP contribution in [0, 0.1) is 0 Å². The molecular weight excluding hydrogens is 268 g/mol. The topological polar surface area (TPSA) is 49.8 Å². The molecule has 5 heteroatoms. The van der Waals surface area contributed by atoms with Crippen LogP contribution in [-0.4, -0.2) is 16.5 Å². The van der Waals surface area contributed by atoms with Gasteiger partial charge in [0.05, 0.1) is 18.4 Å². The Morgan fingerprint density at radius 3 is 3.15 bits per heavy atom. The number of nitrogens with zero attached hydrogens (tertiary/aromatic N) is 2. The molecule has 0 bridgehead atoms. The number of fused-ring (bicyclic) bond motifs is 1. The van der Waals surface area contributed by atoms with E-state index in [1.807, 2.05) is 11.3 Å². The number of aromatic nitrogens is 2. The summed E-state index contributed by atoms with van der Waals surface area (Å²) < 4.78 is 0. The van der Waals surface area contributed by atoms with E-state index in [0.29, 0.717) is 6.04 Å². The number of hydrogen-bond donors (Lipinski definition) is 2. The first-order valence-corrected chi connectivity index (χ1v) is 8.13. The summed E-state index contributed by atoms with van der Waals surface area (Å²) in [4.78, 5) is 10.4. The van der Waals surface area contributed by atoms with Crippen LogP contribution in [0.4, 0.5) is 11.6 Å². The van der Waals surface area contributed by atoms with E-state index in [0.717, 1.165) is 31.0 Å². The monoisotopic (exact) mass is 288 g/mol. The number of thiophene rings is 1. The third-order valence-electron chi connectivity index (χ3n) is 3.56. The Hall–Kier alpha value is -1.62. The predicted octanol–water partition coefficient (Wildman–Crippen LogP) is 3.85. The van der Waals surface area contributed by atoms with Crippen LogP contribution in [0.2, 0.25) is 0 Å². The third kappa shape index (κ3) is 2.93. The van der Waals surface area contributed by atoms with Crippen molar-refractivity contribution < 1.29 is 0 Å². The first-order valence-electron chi connectivity index (χ1n) is 7.25. The number of nitrogens with one attached hydrogen (secondary N) is 2. The average Bonchev–Trinajstić information content (AvgIpc) is 2.95. The Bertz CT molecular complexity index is 567. The molecule has 0 fully saturated rings. The van der Waals surface area contributed by atoms with E-state index in [1.165, 1.54) is 23.3 Å². The van der Waals surface area contributed by atoms with Gasteiger partial charge >= 0.3 is 0 Å². The van der Waals surface area contributed by atoms with Crippen molar-refractivity contribution in [1.82, 2.24) is 9.97 Å². The molecule has 1 aliphatic rings. The highest BCUT2D eigenvalue weighted by atomic mass is 32.1. The van der Waals surface area contributed by atoms with Gasteiger partial charge in [-0.15, -0.1) is 11.3 Å². The molecule has 2 aromatic heterocycles. The molecule has 1 aliphatic carbocycles. The molecule has 106 valence electrons. The minimum atomic E-state index is 0.376. The van der Waals surface area contributed by atoms with Crippen LogP contribution in [0.25, 0.3) is 0 Å². The number of anilines is 2. The van der Waals surface area contributed by atoms with Crippen molar-refractivity contribution in [2.75, 3.05) is 17.2 Å². The van der Waals surface area contributed by atoms with Crippen LogP contribution in [0.1, 0.15) is 42.7 Å². The standard InChI is InChI=1S/C15H20N4S/c1-2-7-17-14-9-16-10-15(19-14)18-12-4-3-5-13-11(12)6-8-20-13/h6,8-10,12H,2-5,7H2,1H3,(H2,17,18,19). The Labute approximate surface area is 123 Å². The Morgan fingerprint density at radius 2 is 2.25 bits per heavy atom. The molecule has 2 N–H and O–H groups in total. The highest BCUT2D eigenvalue weighted by Crippen LogP contribution is 2.35. The van der Waals surface area contributed by atoms with Crippen LogP contribution in [-0.2, 0) is 6.42 Å². The third-order valence-corrected chi connectivity index (χ3v) is 4.56. The zero-order chi connectivity index (χ0) is 13.8. The number of aryl methyl sites for hydroxylation is 1. The highest BCUT2D eigenvalue weighted by Gasteiger charge is 2.21. The second-order valence-electron chi connectivity index (χ2n) is 5.10. The van der Waals surface area contributed by atoms with Crippen molar-refractivity contribution in [2.45, 2.75) is 38.6 Å². The van der Waals surface area contributed by atoms with Crippen molar-refractivity contribution in [2.24, 2.45) is 0 Å². The van der Waals surface area contributed by atoms with Gasteiger partial charge in [-0.25, -0.2) is 4.98 Å². The summed E-state index contributed by atoms with van der Waals surface area (Å²) in [5.41, 5.74) is 1.44. The molecular formula is C15H20N4S. The first-order chi connectivity index (χ1) is 9.86. The molecule has 1 unspecified atom stereocenters. The second-order valence-corrected chi connectivity index (χ2v) is 6.11. The summed E-state index contributed by atoms with van der Waals surface area (Å²) in [6, 6.07) is 2.62. The van der Waals surface area contributed by atoms with Gasteiger partial charge in [-0.05, 0) is 42.7 Å². The normalized spacial score (nSPS) is 17.6. The fourth-order valence-electron chi connectivity index (χ4n) is 2.59. The molecule has 4 nitrogen and oxygen atoms in total. The molecule has 20 heavy (non-hydrogen) atoms. The van der Waals surface area contributed by atoms with Gasteiger partial charge in [0, 0.05) is 11.4 Å². The lowest BCUT2D eigenvalue weighted by Gasteiger charge is -2.24. The van der Waals surface area contributed by atoms with Crippen LogP contribution in [0.3, 0.4) is 0 Å². The van der Waals surface area contributed by atoms with Gasteiger partial charge in [0.1, 0.15) is 11.6 Å². The predicted molar refractivity (Wildman–Crippen MR) is 84.4 cm³/mol. The Balaban J connectivity index is 1.72. The van der Waals surface area contributed by atoms with E-state index in [2.05, 4.69) is 39.0 Å². The summed E-state index contributed by atoms with van der Waals surface area (Å²) >= 11 is 1.87. The maximum Gasteiger partial charge on any atom is 0.147 e. The molecule has 0 amide bonds. The number of hydrogen-bond acceptors (Lipinski definition) is 5. The lowest BCUT2D eigenvalue weighted by atomic mass is 9.94. The zero-order valence-corrected chi connectivity index (χ0v) is 12.5. The van der Waals surface area contributed by atoms with E-state index in [1.54, 1.807) is 12.4 Å². The molecule has 0 spiro atoms. The quantitative estimate of drug-likeness (QED) is 0.877. The summed E-state index contributed by atoms with van der Waals surface area (Å²) in [5, 5.41) is 9.00. The van der Waals surface area contributed by atoms with Gasteiger partial charge in [0.2, 0.25) is 0 Å². The summed E-state index contributed by atoms with van der Waals surface area (Å²) in [6.45, 7) is 3.07. The van der Waals surface area contributed by atoms with Crippen LogP contribution < -0.4 is 10.6 Å². The van der Waals surface area contributed by atoms with E-state index < -0.39 is 0 Å². The summed E-state index contributed by atoms with van der Waals surface area (Å²) in [7, 11) is 0. The fraction of sp³-hybridized carbons (Fsp3) is 0.467. The van der Waals surface area contributed by atoms with Crippen LogP contribution in [0.15, 0.2) is 23.8 Å². The fourth-order valence-corrected chi connectivity index (χ4v) is 3.58. The van der Waals surface area contributed by atoms with Crippen molar-refractivity contribution in [3.8, 4) is 0 Å². The number of rotatable bonds is 5. The molecule has 0 saturated carbocycles. The molecule has 1 atom stereocenters. The zero-order valence-electron chi connectivity index (χ0n) is 11.7. The van der Waals surface area contributed by atoms with Crippen molar-refractivity contribution >= 4 is 23.0 Å². The Kier molecular flexibility index (Phi) is 4.16. The minimum absolute atomic E-state index is 0.376. The van der Waals surface area contributed by atoms with E-state index in [4.69, 9.17) is 0 Å². The molecule has 0 saturated heterocycles. The minimum Gasteiger partial charge on any atom is -0.369 e. The van der Waals surface area contributed by atoms with E-state index >= 15 is 0 Å². The molecule has 3 rings (SSSR count). The molecule has 2 aromatic rings. The van der Waals surface area contributed by atoms with Crippen molar-refractivity contribution in [3.05, 3.63) is 34.3 Å². The summed E-state index contributed by atoms with van der Waals surface area (Å²) in [6.07, 6.45) is 8.29. The van der Waals surface area contributed by atoms with Crippen LogP contribution in [0.5, 0.6) is 0 Å². The summed E-state index contributed by atoms with van der Waals surface area (Å²) in [5.74, 6) is 1.70. The average molecular weight is 288 g/mol. The second kappa shape index (κ2) is 6.22. The van der Waals surface area contributed by atoms with Gasteiger partial charge < -0.3 is 10.6 Å². The van der Waals surface area contributed by atoms with Gasteiger partial charge in [0.25, 0.3) is 0 Å². The lowest BCUT2D eigenvalue weighted by Crippen LogP contribution is -2.16. The molecule has 0 aromatic carbocycles. The van der Waals surface area contributed by atoms with Gasteiger partial charge in [0.15, 0.2) is 0 Å². The highest BCUT2D eigenvalue weighted by molar-refractivity contribution is 7.10. The lowest BCUT2D eigenvalue weighted by molar-refractivity contribution is 0.606. The maximum absolute atomic E-state index is 4.58. The molecule has 0 radical (unpaired) electrons. The van der Waals surface area contributed by atoms with Crippen molar-refractivity contribution in [1.29, 1.82) is 0 Å². The first kappa shape index (κ1) is 13.4. The van der Waals surface area contributed by atoms with E-state index in [-0.39, 0.29) is 0 Å². The van der Waals surface area contributed by atoms with E-state index in [9.17, 15) is 0 Å². The maximum atomic E-state index is 4.58. The smallest absolute Gasteiger partial charge is 0.147 e. The van der Waals surface area contributed by atoms with Gasteiger partial charge in [-0.2, -0.15) is 0 Å². The Morgan fingerprint density at radius 1 is 1.35 bits per heavy atom. The van der Waals surface area contributed by atoms with Gasteiger partial charge in [-0.1, -0.05) is 6.92 Å². The SMILES string of the molecule is CCCNc1cncc(NC2CCCc3sccc32)n1. The largest absolute Gasteiger partial charge is 0.369 e. The molecule has 0 aliphatic heterocycles. The van der Waals surface area contributed by atoms with Crippen molar-refractivity contribution in [3.63, 3.8) is 0 Å². The van der Waals surface area contributed by atoms with Gasteiger partial charge in [-0.3, -0.25) is 4.98 Å².